The molecule has 0 rings (SSSR count). The Morgan fingerprint density at radius 2 is 1.55 bits per heavy atom. The lowest BCUT2D eigenvalue weighted by molar-refractivity contribution is -0.119. The van der Waals surface area contributed by atoms with Crippen molar-refractivity contribution in [3.05, 3.63) is 23.8 Å². The van der Waals surface area contributed by atoms with E-state index in [0.29, 0.717) is 29.7 Å². The van der Waals surface area contributed by atoms with E-state index in [1.165, 1.54) is 5.57 Å². The van der Waals surface area contributed by atoms with Crippen molar-refractivity contribution in [2.75, 3.05) is 33.7 Å². The van der Waals surface area contributed by atoms with Crippen LogP contribution in [0.25, 0.3) is 0 Å². The Bertz CT molecular complexity index is 979. The average Bonchev–Trinajstić information content (AvgIpc) is 2.93. The van der Waals surface area contributed by atoms with Crippen molar-refractivity contribution in [1.29, 1.82) is 0 Å². The van der Waals surface area contributed by atoms with Gasteiger partial charge in [0, 0.05) is 13.5 Å². The number of ketones is 1. The van der Waals surface area contributed by atoms with E-state index in [2.05, 4.69) is 73.0 Å². The van der Waals surface area contributed by atoms with Crippen LogP contribution in [0.4, 0.5) is 0 Å². The molecule has 256 valence electrons. The molecule has 0 spiro atoms. The summed E-state index contributed by atoms with van der Waals surface area (Å²) in [5.74, 6) is 6.50. The van der Waals surface area contributed by atoms with Crippen LogP contribution in [-0.2, 0) is 32.3 Å². The van der Waals surface area contributed by atoms with Gasteiger partial charge in [-0.05, 0) is 89.8 Å². The Hall–Kier alpha value is -1.04. The predicted octanol–water partition coefficient (Wildman–Crippen LogP) is 9.87. The number of rotatable bonds is 23. The molecule has 0 fully saturated rings. The van der Waals surface area contributed by atoms with Crippen LogP contribution >= 0.6 is 7.60 Å². The van der Waals surface area contributed by atoms with Gasteiger partial charge in [-0.25, -0.2) is 0 Å². The van der Waals surface area contributed by atoms with E-state index in [4.69, 9.17) is 22.9 Å². The second kappa shape index (κ2) is 21.0. The average molecular weight is 657 g/mol. The summed E-state index contributed by atoms with van der Waals surface area (Å²) in [6.07, 6.45) is 5.61. The summed E-state index contributed by atoms with van der Waals surface area (Å²) in [6.45, 7) is 30.0. The van der Waals surface area contributed by atoms with Crippen molar-refractivity contribution >= 4 is 21.7 Å². The van der Waals surface area contributed by atoms with Crippen LogP contribution in [0, 0.1) is 17.8 Å². The topological polar surface area (TPSA) is 80.3 Å². The fourth-order valence-corrected chi connectivity index (χ4v) is 13.1. The Labute approximate surface area is 271 Å². The highest BCUT2D eigenvalue weighted by atomic mass is 31.2. The zero-order valence-electron chi connectivity index (χ0n) is 30.3. The molecule has 0 aromatic heterocycles. The fourth-order valence-electron chi connectivity index (χ4n) is 6.08. The smallest absolute Gasteiger partial charge is 0.340 e. The van der Waals surface area contributed by atoms with Gasteiger partial charge in [0.1, 0.15) is 23.8 Å². The molecule has 3 unspecified atom stereocenters. The van der Waals surface area contributed by atoms with Gasteiger partial charge in [-0.3, -0.25) is 9.36 Å². The number of carbonyl (C=O) groups is 1. The van der Waals surface area contributed by atoms with Gasteiger partial charge in [0.2, 0.25) is 8.32 Å². The maximum atomic E-state index is 13.1. The summed E-state index contributed by atoms with van der Waals surface area (Å²) in [5.41, 5.74) is 2.23. The Morgan fingerprint density at radius 3 is 2.00 bits per heavy atom. The molecule has 0 saturated heterocycles. The molecule has 0 bridgehead atoms. The molecule has 0 amide bonds. The lowest BCUT2D eigenvalue weighted by Crippen LogP contribution is -2.47. The molecule has 0 aliphatic heterocycles. The van der Waals surface area contributed by atoms with E-state index in [1.807, 2.05) is 13.8 Å². The number of carbonyl (C=O) groups excluding carboxylic acids is 1. The summed E-state index contributed by atoms with van der Waals surface area (Å²) in [5, 5.41) is 0. The van der Waals surface area contributed by atoms with Gasteiger partial charge < -0.3 is 22.9 Å². The minimum Gasteiger partial charge on any atom is -0.405 e. The van der Waals surface area contributed by atoms with Gasteiger partial charge >= 0.3 is 7.60 Å². The molecule has 0 N–H and O–H groups in total. The van der Waals surface area contributed by atoms with Gasteiger partial charge in [-0.15, -0.1) is 0 Å². The van der Waals surface area contributed by atoms with Crippen LogP contribution in [0.3, 0.4) is 0 Å². The second-order valence-corrected chi connectivity index (χ2v) is 20.9. The lowest BCUT2D eigenvalue weighted by Gasteiger charge is -2.41. The molecule has 0 aliphatic carbocycles. The Morgan fingerprint density at radius 1 is 1.00 bits per heavy atom. The van der Waals surface area contributed by atoms with Gasteiger partial charge in [0.25, 0.3) is 0 Å². The molecule has 0 aromatic rings. The van der Waals surface area contributed by atoms with E-state index in [9.17, 15) is 9.36 Å². The normalized spacial score (nSPS) is 15.7. The van der Waals surface area contributed by atoms with Crippen LogP contribution in [0.1, 0.15) is 115 Å². The quantitative estimate of drug-likeness (QED) is 0.0356. The monoisotopic (exact) mass is 656 g/mol. The molecule has 0 radical (unpaired) electrons. The standard InChI is InChI=1S/C35H65O7PSi/c1-15-40-43(37,41-16-2)32(12)34(36)25-33(27(3)4)21-20-31(11)19-17-22-35(13,39-26-38-14)23-18-24-42-44(28(5)6,29(7)8)30(9)10/h19,28-30,32-33H,3,15-17,20-22,24-26H2,1-2,4-14H3/b31-19+. The summed E-state index contributed by atoms with van der Waals surface area (Å²) in [4.78, 5) is 13.1. The minimum absolute atomic E-state index is 0.00985. The van der Waals surface area contributed by atoms with Crippen molar-refractivity contribution in [3.8, 4) is 11.8 Å². The SMILES string of the molecule is C=C(C)C(CC/C(C)=C/CCC(C)(C#CCO[Si](C(C)C)(C(C)C)C(C)C)OCOC)CC(=O)C(C)P(=O)(OCC)OCC. The molecule has 0 aromatic carbocycles. The van der Waals surface area contributed by atoms with Gasteiger partial charge in [-0.2, -0.15) is 0 Å². The molecular formula is C35H65O7PSi. The van der Waals surface area contributed by atoms with Crippen LogP contribution in [0.15, 0.2) is 23.8 Å². The number of hydrogen-bond donors (Lipinski definition) is 0. The van der Waals surface area contributed by atoms with Crippen molar-refractivity contribution < 1.29 is 32.3 Å². The highest BCUT2D eigenvalue weighted by Gasteiger charge is 2.45. The van der Waals surface area contributed by atoms with E-state index in [1.54, 1.807) is 27.9 Å². The Kier molecular flexibility index (Phi) is 20.5. The van der Waals surface area contributed by atoms with Crippen LogP contribution in [-0.4, -0.2) is 59.1 Å². The Balaban J connectivity index is 5.40. The number of ether oxygens (including phenoxy) is 2. The maximum absolute atomic E-state index is 13.1. The number of hydrogen-bond acceptors (Lipinski definition) is 7. The molecule has 44 heavy (non-hydrogen) atoms. The summed E-state index contributed by atoms with van der Waals surface area (Å²) in [6, 6.07) is 0. The third-order valence-electron chi connectivity index (χ3n) is 8.65. The first kappa shape index (κ1) is 43.0. The zero-order valence-corrected chi connectivity index (χ0v) is 32.2. The maximum Gasteiger partial charge on any atom is 0.340 e. The van der Waals surface area contributed by atoms with Crippen molar-refractivity contribution in [2.24, 2.45) is 5.92 Å². The summed E-state index contributed by atoms with van der Waals surface area (Å²) < 4.78 is 41.8. The zero-order chi connectivity index (χ0) is 34.1. The van der Waals surface area contributed by atoms with Crippen LogP contribution < -0.4 is 0 Å². The van der Waals surface area contributed by atoms with Crippen LogP contribution in [0.5, 0.6) is 0 Å². The fraction of sp³-hybridized carbons (Fsp3) is 0.800. The van der Waals surface area contributed by atoms with E-state index >= 15 is 0 Å². The third kappa shape index (κ3) is 13.8. The number of allylic oxidation sites excluding steroid dienone is 3. The van der Waals surface area contributed by atoms with Crippen LogP contribution in [0.2, 0.25) is 16.6 Å². The number of methoxy groups -OCH3 is 1. The van der Waals surface area contributed by atoms with Gasteiger partial charge in [-0.1, -0.05) is 77.2 Å². The third-order valence-corrected chi connectivity index (χ3v) is 17.2. The minimum atomic E-state index is -3.49. The second-order valence-electron chi connectivity index (χ2n) is 13.1. The number of Topliss-reactive ketones (excluding diaryl/α,β-unsaturated/α-hetero) is 1. The molecule has 0 saturated carbocycles. The molecule has 7 nitrogen and oxygen atoms in total. The van der Waals surface area contributed by atoms with Gasteiger partial charge in [0.15, 0.2) is 0 Å². The molecule has 0 aliphatic rings. The van der Waals surface area contributed by atoms with E-state index in [-0.39, 0.29) is 38.1 Å². The largest absolute Gasteiger partial charge is 0.405 e. The summed E-state index contributed by atoms with van der Waals surface area (Å²) in [7, 11) is -3.86. The molecule has 3 atom stereocenters. The summed E-state index contributed by atoms with van der Waals surface area (Å²) >= 11 is 0. The highest BCUT2D eigenvalue weighted by molar-refractivity contribution is 7.55. The van der Waals surface area contributed by atoms with E-state index in [0.717, 1.165) is 24.8 Å². The highest BCUT2D eigenvalue weighted by Crippen LogP contribution is 2.53. The molecule has 9 heteroatoms. The van der Waals surface area contributed by atoms with Crippen molar-refractivity contribution in [3.63, 3.8) is 0 Å². The molecule has 0 heterocycles. The lowest BCUT2D eigenvalue weighted by atomic mass is 9.88. The first-order valence-electron chi connectivity index (χ1n) is 16.5. The predicted molar refractivity (Wildman–Crippen MR) is 187 cm³/mol. The first-order valence-corrected chi connectivity index (χ1v) is 20.2. The van der Waals surface area contributed by atoms with Crippen molar-refractivity contribution in [2.45, 2.75) is 143 Å². The van der Waals surface area contributed by atoms with E-state index < -0.39 is 27.2 Å². The first-order chi connectivity index (χ1) is 20.5. The molecular weight excluding hydrogens is 591 g/mol. The van der Waals surface area contributed by atoms with Gasteiger partial charge in [0.05, 0.1) is 19.8 Å². The van der Waals surface area contributed by atoms with Crippen molar-refractivity contribution in [1.82, 2.24) is 0 Å².